The molecule has 0 rings (SSSR count). The molecule has 0 aromatic carbocycles. The average Bonchev–Trinajstić information content (AvgIpc) is 2.13. The summed E-state index contributed by atoms with van der Waals surface area (Å²) in [5.41, 5.74) is 0. The van der Waals surface area contributed by atoms with Crippen LogP contribution in [-0.4, -0.2) is 36.1 Å². The third kappa shape index (κ3) is 10.8. The molecule has 0 saturated carbocycles. The molecule has 15 heavy (non-hydrogen) atoms. The SMILES string of the molecule is CC(C)NCC(=O)NCCCCC(=O)O. The summed E-state index contributed by atoms with van der Waals surface area (Å²) < 4.78 is 0. The second-order valence-electron chi connectivity index (χ2n) is 3.74. The van der Waals surface area contributed by atoms with Gasteiger partial charge in [-0.3, -0.25) is 9.59 Å². The number of carboxylic acids is 1. The van der Waals surface area contributed by atoms with Gasteiger partial charge in [-0.1, -0.05) is 13.8 Å². The summed E-state index contributed by atoms with van der Waals surface area (Å²) in [5, 5.41) is 14.1. The van der Waals surface area contributed by atoms with E-state index < -0.39 is 5.97 Å². The van der Waals surface area contributed by atoms with Gasteiger partial charge in [0, 0.05) is 19.0 Å². The topological polar surface area (TPSA) is 78.4 Å². The first-order valence-corrected chi connectivity index (χ1v) is 5.24. The van der Waals surface area contributed by atoms with Gasteiger partial charge in [-0.05, 0) is 12.8 Å². The maximum Gasteiger partial charge on any atom is 0.303 e. The van der Waals surface area contributed by atoms with Gasteiger partial charge in [0.2, 0.25) is 5.91 Å². The molecule has 3 N–H and O–H groups in total. The zero-order chi connectivity index (χ0) is 11.7. The van der Waals surface area contributed by atoms with Gasteiger partial charge in [0.25, 0.3) is 0 Å². The van der Waals surface area contributed by atoms with Crippen molar-refractivity contribution in [2.75, 3.05) is 13.1 Å². The summed E-state index contributed by atoms with van der Waals surface area (Å²) in [4.78, 5) is 21.3. The van der Waals surface area contributed by atoms with Crippen LogP contribution in [-0.2, 0) is 9.59 Å². The van der Waals surface area contributed by atoms with E-state index in [1.807, 2.05) is 13.8 Å². The monoisotopic (exact) mass is 216 g/mol. The normalized spacial score (nSPS) is 10.3. The van der Waals surface area contributed by atoms with Crippen LogP contribution in [0, 0.1) is 0 Å². The third-order valence-electron chi connectivity index (χ3n) is 1.81. The smallest absolute Gasteiger partial charge is 0.303 e. The molecule has 0 aliphatic carbocycles. The highest BCUT2D eigenvalue weighted by molar-refractivity contribution is 5.77. The molecular weight excluding hydrogens is 196 g/mol. The minimum atomic E-state index is -0.789. The molecule has 88 valence electrons. The lowest BCUT2D eigenvalue weighted by Gasteiger charge is -2.08. The van der Waals surface area contributed by atoms with Crippen molar-refractivity contribution in [3.05, 3.63) is 0 Å². The molecule has 0 aliphatic rings. The second kappa shape index (κ2) is 8.23. The molecule has 0 aliphatic heterocycles. The van der Waals surface area contributed by atoms with Crippen molar-refractivity contribution >= 4 is 11.9 Å². The summed E-state index contributed by atoms with van der Waals surface area (Å²) in [6, 6.07) is 0.294. The number of carboxylic acid groups (broad SMARTS) is 1. The molecule has 0 bridgehead atoms. The molecule has 0 atom stereocenters. The van der Waals surface area contributed by atoms with E-state index in [1.54, 1.807) is 0 Å². The van der Waals surface area contributed by atoms with Crippen molar-refractivity contribution in [3.63, 3.8) is 0 Å². The molecule has 0 heterocycles. The lowest BCUT2D eigenvalue weighted by Crippen LogP contribution is -2.37. The molecule has 0 unspecified atom stereocenters. The van der Waals surface area contributed by atoms with E-state index in [4.69, 9.17) is 5.11 Å². The van der Waals surface area contributed by atoms with Gasteiger partial charge in [-0.25, -0.2) is 0 Å². The van der Waals surface area contributed by atoms with Crippen LogP contribution < -0.4 is 10.6 Å². The first kappa shape index (κ1) is 13.9. The van der Waals surface area contributed by atoms with Crippen LogP contribution in [0.15, 0.2) is 0 Å². The molecule has 1 amide bonds. The highest BCUT2D eigenvalue weighted by Gasteiger charge is 2.01. The Labute approximate surface area is 90.2 Å². The lowest BCUT2D eigenvalue weighted by atomic mass is 10.2. The Morgan fingerprint density at radius 1 is 1.27 bits per heavy atom. The predicted octanol–water partition coefficient (Wildman–Crippen LogP) is 0.355. The van der Waals surface area contributed by atoms with Crippen LogP contribution in [0.25, 0.3) is 0 Å². The summed E-state index contributed by atoms with van der Waals surface area (Å²) in [5.74, 6) is -0.832. The first-order valence-electron chi connectivity index (χ1n) is 5.24. The molecular formula is C10H20N2O3. The number of hydrogen-bond donors (Lipinski definition) is 3. The van der Waals surface area contributed by atoms with Crippen molar-refractivity contribution in [2.24, 2.45) is 0 Å². The fourth-order valence-electron chi connectivity index (χ4n) is 0.988. The Bertz CT molecular complexity index is 205. The zero-order valence-corrected chi connectivity index (χ0v) is 9.38. The largest absolute Gasteiger partial charge is 0.481 e. The van der Waals surface area contributed by atoms with Gasteiger partial charge in [0.15, 0.2) is 0 Å². The van der Waals surface area contributed by atoms with Crippen LogP contribution in [0.5, 0.6) is 0 Å². The van der Waals surface area contributed by atoms with Crippen molar-refractivity contribution in [2.45, 2.75) is 39.2 Å². The van der Waals surface area contributed by atoms with Crippen LogP contribution in [0.2, 0.25) is 0 Å². The minimum absolute atomic E-state index is 0.0426. The Hall–Kier alpha value is -1.10. The Morgan fingerprint density at radius 3 is 2.47 bits per heavy atom. The van der Waals surface area contributed by atoms with Gasteiger partial charge >= 0.3 is 5.97 Å². The van der Waals surface area contributed by atoms with Crippen LogP contribution >= 0.6 is 0 Å². The number of hydrogen-bond acceptors (Lipinski definition) is 3. The number of carbonyl (C=O) groups is 2. The summed E-state index contributed by atoms with van der Waals surface area (Å²) in [6.07, 6.45) is 1.48. The number of amides is 1. The van der Waals surface area contributed by atoms with Crippen molar-refractivity contribution in [1.29, 1.82) is 0 Å². The molecule has 0 aromatic rings. The van der Waals surface area contributed by atoms with Crippen molar-refractivity contribution in [3.8, 4) is 0 Å². The van der Waals surface area contributed by atoms with Gasteiger partial charge < -0.3 is 15.7 Å². The highest BCUT2D eigenvalue weighted by atomic mass is 16.4. The quantitative estimate of drug-likeness (QED) is 0.512. The van der Waals surface area contributed by atoms with Crippen molar-refractivity contribution in [1.82, 2.24) is 10.6 Å². The van der Waals surface area contributed by atoms with E-state index in [0.29, 0.717) is 32.0 Å². The molecule has 0 fully saturated rings. The fourth-order valence-corrected chi connectivity index (χ4v) is 0.988. The van der Waals surface area contributed by atoms with E-state index in [1.165, 1.54) is 0 Å². The van der Waals surface area contributed by atoms with Gasteiger partial charge in [-0.15, -0.1) is 0 Å². The molecule has 0 radical (unpaired) electrons. The van der Waals surface area contributed by atoms with E-state index in [0.717, 1.165) is 0 Å². The molecule has 5 nitrogen and oxygen atoms in total. The maximum absolute atomic E-state index is 11.2. The standard InChI is InChI=1S/C10H20N2O3/c1-8(2)12-7-9(13)11-6-4-3-5-10(14)15/h8,12H,3-7H2,1-2H3,(H,11,13)(H,14,15). The summed E-state index contributed by atoms with van der Waals surface area (Å²) in [7, 11) is 0. The predicted molar refractivity (Wildman–Crippen MR) is 57.6 cm³/mol. The van der Waals surface area contributed by atoms with E-state index in [9.17, 15) is 9.59 Å². The molecule has 0 aromatic heterocycles. The summed E-state index contributed by atoms with van der Waals surface area (Å²) >= 11 is 0. The molecule has 5 heteroatoms. The molecule has 0 saturated heterocycles. The van der Waals surface area contributed by atoms with Crippen LogP contribution in [0.4, 0.5) is 0 Å². The van der Waals surface area contributed by atoms with E-state index in [2.05, 4.69) is 10.6 Å². The van der Waals surface area contributed by atoms with Crippen LogP contribution in [0.3, 0.4) is 0 Å². The number of aliphatic carboxylic acids is 1. The van der Waals surface area contributed by atoms with Crippen LogP contribution in [0.1, 0.15) is 33.1 Å². The Kier molecular flexibility index (Phi) is 7.62. The van der Waals surface area contributed by atoms with E-state index in [-0.39, 0.29) is 12.3 Å². The Morgan fingerprint density at radius 2 is 1.93 bits per heavy atom. The third-order valence-corrected chi connectivity index (χ3v) is 1.81. The number of carbonyl (C=O) groups excluding carboxylic acids is 1. The maximum atomic E-state index is 11.2. The lowest BCUT2D eigenvalue weighted by molar-refractivity contribution is -0.137. The van der Waals surface area contributed by atoms with Gasteiger partial charge in [0.05, 0.1) is 6.54 Å². The van der Waals surface area contributed by atoms with Crippen molar-refractivity contribution < 1.29 is 14.7 Å². The minimum Gasteiger partial charge on any atom is -0.481 e. The summed E-state index contributed by atoms with van der Waals surface area (Å²) in [6.45, 7) is 4.81. The first-order chi connectivity index (χ1) is 7.02. The number of nitrogens with one attached hydrogen (secondary N) is 2. The second-order valence-corrected chi connectivity index (χ2v) is 3.74. The molecule has 0 spiro atoms. The van der Waals surface area contributed by atoms with E-state index >= 15 is 0 Å². The fraction of sp³-hybridized carbons (Fsp3) is 0.800. The highest BCUT2D eigenvalue weighted by Crippen LogP contribution is 1.92. The number of rotatable bonds is 8. The van der Waals surface area contributed by atoms with Gasteiger partial charge in [-0.2, -0.15) is 0 Å². The van der Waals surface area contributed by atoms with Gasteiger partial charge in [0.1, 0.15) is 0 Å². The Balaban J connectivity index is 3.28. The number of unbranched alkanes of at least 4 members (excludes halogenated alkanes) is 1. The average molecular weight is 216 g/mol. The zero-order valence-electron chi connectivity index (χ0n) is 9.38.